The van der Waals surface area contributed by atoms with Crippen molar-refractivity contribution in [2.75, 3.05) is 5.43 Å². The van der Waals surface area contributed by atoms with E-state index in [1.807, 2.05) is 47.8 Å². The number of para-hydroxylation sites is 1. The van der Waals surface area contributed by atoms with E-state index in [1.54, 1.807) is 11.3 Å². The van der Waals surface area contributed by atoms with Crippen molar-refractivity contribution in [2.24, 2.45) is 5.10 Å². The van der Waals surface area contributed by atoms with Gasteiger partial charge in [0.05, 0.1) is 11.9 Å². The van der Waals surface area contributed by atoms with Gasteiger partial charge >= 0.3 is 0 Å². The van der Waals surface area contributed by atoms with Gasteiger partial charge in [-0.2, -0.15) is 5.10 Å². The molecule has 0 aliphatic carbocycles. The lowest BCUT2D eigenvalue weighted by Crippen LogP contribution is -1.92. The molecule has 1 aromatic heterocycles. The summed E-state index contributed by atoms with van der Waals surface area (Å²) in [6.45, 7) is 0. The Bertz CT molecular complexity index is 719. The third-order valence-corrected chi connectivity index (χ3v) is 3.62. The highest BCUT2D eigenvalue weighted by Crippen LogP contribution is 2.23. The molecule has 0 bridgehead atoms. The molecule has 0 aliphatic heterocycles. The zero-order valence-electron chi connectivity index (χ0n) is 10.0. The maximum atomic E-state index is 13.8. The lowest BCUT2D eigenvalue weighted by atomic mass is 10.2. The molecule has 1 heterocycles. The average Bonchev–Trinajstić information content (AvgIpc) is 2.87. The Morgan fingerprint density at radius 2 is 1.95 bits per heavy atom. The Balaban J connectivity index is 1.82. The molecule has 0 radical (unpaired) electrons. The standard InChI is InChI=1S/C15H11FN2S/c16-14-8-11-6-7-19-15(11)9-12(14)10-17-18-13-4-2-1-3-5-13/h1-10,18H. The second kappa shape index (κ2) is 5.20. The van der Waals surface area contributed by atoms with E-state index in [9.17, 15) is 4.39 Å². The number of hydrazone groups is 1. The fraction of sp³-hybridized carbons (Fsp3) is 0. The molecule has 3 aromatic rings. The summed E-state index contributed by atoms with van der Waals surface area (Å²) in [6.07, 6.45) is 1.50. The molecule has 0 fully saturated rings. The topological polar surface area (TPSA) is 24.4 Å². The molecule has 2 aromatic carbocycles. The Hall–Kier alpha value is -2.20. The first-order valence-corrected chi connectivity index (χ1v) is 6.72. The molecule has 0 unspecified atom stereocenters. The summed E-state index contributed by atoms with van der Waals surface area (Å²) in [6, 6.07) is 14.8. The van der Waals surface area contributed by atoms with Crippen LogP contribution in [0.4, 0.5) is 10.1 Å². The van der Waals surface area contributed by atoms with Gasteiger partial charge in [-0.05, 0) is 41.1 Å². The van der Waals surface area contributed by atoms with Crippen molar-refractivity contribution >= 4 is 33.3 Å². The van der Waals surface area contributed by atoms with Gasteiger partial charge in [0.1, 0.15) is 5.82 Å². The van der Waals surface area contributed by atoms with Gasteiger partial charge in [0, 0.05) is 10.3 Å². The molecule has 0 amide bonds. The number of anilines is 1. The first-order chi connectivity index (χ1) is 9.33. The molecule has 19 heavy (non-hydrogen) atoms. The van der Waals surface area contributed by atoms with Crippen LogP contribution in [-0.2, 0) is 0 Å². The molecule has 0 saturated carbocycles. The van der Waals surface area contributed by atoms with Crippen molar-refractivity contribution in [3.8, 4) is 0 Å². The number of thiophene rings is 1. The minimum atomic E-state index is -0.260. The van der Waals surface area contributed by atoms with Crippen molar-refractivity contribution in [2.45, 2.75) is 0 Å². The number of benzene rings is 2. The Morgan fingerprint density at radius 3 is 2.79 bits per heavy atom. The minimum Gasteiger partial charge on any atom is -0.279 e. The van der Waals surface area contributed by atoms with E-state index in [1.165, 1.54) is 12.3 Å². The fourth-order valence-corrected chi connectivity index (χ4v) is 2.60. The number of nitrogens with one attached hydrogen (secondary N) is 1. The van der Waals surface area contributed by atoms with Gasteiger partial charge in [-0.15, -0.1) is 11.3 Å². The molecule has 0 aliphatic rings. The first kappa shape index (κ1) is 11.9. The summed E-state index contributed by atoms with van der Waals surface area (Å²) in [7, 11) is 0. The highest BCUT2D eigenvalue weighted by molar-refractivity contribution is 7.17. The van der Waals surface area contributed by atoms with Crippen molar-refractivity contribution in [1.82, 2.24) is 0 Å². The third-order valence-electron chi connectivity index (χ3n) is 2.74. The second-order valence-electron chi connectivity index (χ2n) is 4.07. The number of nitrogens with zero attached hydrogens (tertiary/aromatic N) is 1. The van der Waals surface area contributed by atoms with E-state index in [2.05, 4.69) is 10.5 Å². The third kappa shape index (κ3) is 2.63. The van der Waals surface area contributed by atoms with Crippen LogP contribution in [-0.4, -0.2) is 6.21 Å². The Morgan fingerprint density at radius 1 is 1.11 bits per heavy atom. The summed E-state index contributed by atoms with van der Waals surface area (Å²) >= 11 is 1.59. The highest BCUT2D eigenvalue weighted by atomic mass is 32.1. The molecule has 0 saturated heterocycles. The molecule has 0 atom stereocenters. The van der Waals surface area contributed by atoms with Crippen molar-refractivity contribution in [1.29, 1.82) is 0 Å². The number of hydrogen-bond acceptors (Lipinski definition) is 3. The van der Waals surface area contributed by atoms with E-state index >= 15 is 0 Å². The van der Waals surface area contributed by atoms with Gasteiger partial charge in [-0.1, -0.05) is 18.2 Å². The molecule has 1 N–H and O–H groups in total. The largest absolute Gasteiger partial charge is 0.279 e. The number of hydrogen-bond donors (Lipinski definition) is 1. The van der Waals surface area contributed by atoms with E-state index in [0.29, 0.717) is 5.56 Å². The average molecular weight is 270 g/mol. The molecule has 0 spiro atoms. The monoisotopic (exact) mass is 270 g/mol. The number of halogens is 1. The van der Waals surface area contributed by atoms with Crippen LogP contribution in [0.1, 0.15) is 5.56 Å². The van der Waals surface area contributed by atoms with E-state index < -0.39 is 0 Å². The lowest BCUT2D eigenvalue weighted by Gasteiger charge is -2.00. The molecule has 4 heteroatoms. The predicted molar refractivity (Wildman–Crippen MR) is 79.4 cm³/mol. The molecule has 94 valence electrons. The van der Waals surface area contributed by atoms with E-state index in [0.717, 1.165) is 15.8 Å². The summed E-state index contributed by atoms with van der Waals surface area (Å²) in [5.41, 5.74) is 4.22. The smallest absolute Gasteiger partial charge is 0.132 e. The summed E-state index contributed by atoms with van der Waals surface area (Å²) < 4.78 is 14.9. The van der Waals surface area contributed by atoms with Gasteiger partial charge in [0.2, 0.25) is 0 Å². The zero-order chi connectivity index (χ0) is 13.1. The maximum absolute atomic E-state index is 13.8. The second-order valence-corrected chi connectivity index (χ2v) is 5.02. The van der Waals surface area contributed by atoms with Crippen LogP contribution in [0, 0.1) is 5.82 Å². The normalized spacial score (nSPS) is 11.2. The Labute approximate surface area is 114 Å². The van der Waals surface area contributed by atoms with Crippen molar-refractivity contribution in [3.63, 3.8) is 0 Å². The fourth-order valence-electron chi connectivity index (χ4n) is 1.79. The van der Waals surface area contributed by atoms with Crippen molar-refractivity contribution < 1.29 is 4.39 Å². The van der Waals surface area contributed by atoms with Gasteiger partial charge in [-0.3, -0.25) is 5.43 Å². The maximum Gasteiger partial charge on any atom is 0.132 e. The van der Waals surface area contributed by atoms with E-state index in [4.69, 9.17) is 0 Å². The summed E-state index contributed by atoms with van der Waals surface area (Å²) in [5, 5.41) is 6.93. The van der Waals surface area contributed by atoms with Gasteiger partial charge < -0.3 is 0 Å². The van der Waals surface area contributed by atoms with Gasteiger partial charge in [-0.25, -0.2) is 4.39 Å². The van der Waals surface area contributed by atoms with Crippen molar-refractivity contribution in [3.05, 3.63) is 65.3 Å². The van der Waals surface area contributed by atoms with Crippen LogP contribution in [0.2, 0.25) is 0 Å². The summed E-state index contributed by atoms with van der Waals surface area (Å²) in [5.74, 6) is -0.260. The zero-order valence-corrected chi connectivity index (χ0v) is 10.8. The van der Waals surface area contributed by atoms with Crippen LogP contribution in [0.25, 0.3) is 10.1 Å². The van der Waals surface area contributed by atoms with Crippen LogP contribution in [0.3, 0.4) is 0 Å². The molecule has 2 nitrogen and oxygen atoms in total. The van der Waals surface area contributed by atoms with Crippen LogP contribution >= 0.6 is 11.3 Å². The predicted octanol–water partition coefficient (Wildman–Crippen LogP) is 4.49. The van der Waals surface area contributed by atoms with E-state index in [-0.39, 0.29) is 5.82 Å². The first-order valence-electron chi connectivity index (χ1n) is 5.84. The van der Waals surface area contributed by atoms with Crippen LogP contribution in [0.5, 0.6) is 0 Å². The molecular formula is C15H11FN2S. The number of fused-ring (bicyclic) bond motifs is 1. The molecule has 3 rings (SSSR count). The lowest BCUT2D eigenvalue weighted by molar-refractivity contribution is 0.628. The Kier molecular flexibility index (Phi) is 3.25. The highest BCUT2D eigenvalue weighted by Gasteiger charge is 2.03. The molecular weight excluding hydrogens is 259 g/mol. The SMILES string of the molecule is Fc1cc2ccsc2cc1C=NNc1ccccc1. The number of rotatable bonds is 3. The van der Waals surface area contributed by atoms with Gasteiger partial charge in [0.15, 0.2) is 0 Å². The minimum absolute atomic E-state index is 0.260. The quantitative estimate of drug-likeness (QED) is 0.550. The van der Waals surface area contributed by atoms with Crippen LogP contribution < -0.4 is 5.43 Å². The van der Waals surface area contributed by atoms with Crippen LogP contribution in [0.15, 0.2) is 59.0 Å². The van der Waals surface area contributed by atoms with Gasteiger partial charge in [0.25, 0.3) is 0 Å². The summed E-state index contributed by atoms with van der Waals surface area (Å²) in [4.78, 5) is 0.